The summed E-state index contributed by atoms with van der Waals surface area (Å²) in [5.41, 5.74) is 5.43. The second-order valence-electron chi connectivity index (χ2n) is 5.83. The van der Waals surface area contributed by atoms with Crippen LogP contribution < -0.4 is 10.2 Å². The number of hydrogen-bond donors (Lipinski definition) is 1. The zero-order valence-corrected chi connectivity index (χ0v) is 14.8. The number of hydrazone groups is 1. The lowest BCUT2D eigenvalue weighted by Crippen LogP contribution is -2.25. The van der Waals surface area contributed by atoms with Gasteiger partial charge in [0.05, 0.1) is 6.21 Å². The Labute approximate surface area is 147 Å². The second kappa shape index (κ2) is 8.50. The van der Waals surface area contributed by atoms with Crippen LogP contribution >= 0.6 is 11.6 Å². The zero-order valence-electron chi connectivity index (χ0n) is 14.0. The summed E-state index contributed by atoms with van der Waals surface area (Å²) in [6.45, 7) is 6.09. The van der Waals surface area contributed by atoms with E-state index in [9.17, 15) is 4.79 Å². The van der Waals surface area contributed by atoms with Crippen LogP contribution in [0.15, 0.2) is 47.6 Å². The van der Waals surface area contributed by atoms with Gasteiger partial charge in [-0.1, -0.05) is 49.7 Å². The maximum atomic E-state index is 11.9. The van der Waals surface area contributed by atoms with Gasteiger partial charge < -0.3 is 4.74 Å². The Balaban J connectivity index is 1.91. The number of nitrogens with one attached hydrogen (secondary N) is 1. The molecule has 0 saturated carbocycles. The van der Waals surface area contributed by atoms with Crippen LogP contribution in [0.4, 0.5) is 0 Å². The summed E-state index contributed by atoms with van der Waals surface area (Å²) in [7, 11) is 0. The average molecular weight is 345 g/mol. The first-order valence-corrected chi connectivity index (χ1v) is 8.14. The van der Waals surface area contributed by atoms with Gasteiger partial charge in [-0.2, -0.15) is 5.10 Å². The van der Waals surface area contributed by atoms with Crippen LogP contribution in [0.1, 0.15) is 36.5 Å². The molecule has 0 spiro atoms. The number of amides is 1. The highest BCUT2D eigenvalue weighted by Crippen LogP contribution is 2.27. The Morgan fingerprint density at radius 3 is 2.79 bits per heavy atom. The fourth-order valence-corrected chi connectivity index (χ4v) is 2.38. The molecule has 0 aliphatic heterocycles. The minimum Gasteiger partial charge on any atom is -0.483 e. The van der Waals surface area contributed by atoms with Crippen LogP contribution in [0.3, 0.4) is 0 Å². The molecule has 0 radical (unpaired) electrons. The largest absolute Gasteiger partial charge is 0.483 e. The van der Waals surface area contributed by atoms with E-state index in [1.54, 1.807) is 12.1 Å². The molecule has 2 aromatic carbocycles. The molecule has 0 heterocycles. The highest BCUT2D eigenvalue weighted by molar-refractivity contribution is 6.30. The van der Waals surface area contributed by atoms with Crippen molar-refractivity contribution >= 4 is 23.7 Å². The third kappa shape index (κ3) is 5.39. The molecule has 4 nitrogen and oxygen atoms in total. The van der Waals surface area contributed by atoms with Gasteiger partial charge in [0, 0.05) is 5.02 Å². The van der Waals surface area contributed by atoms with Crippen molar-refractivity contribution in [3.8, 4) is 5.75 Å². The van der Waals surface area contributed by atoms with Crippen molar-refractivity contribution in [2.75, 3.05) is 6.61 Å². The summed E-state index contributed by atoms with van der Waals surface area (Å²) in [5.74, 6) is 0.743. The van der Waals surface area contributed by atoms with Crippen molar-refractivity contribution in [2.24, 2.45) is 5.10 Å². The molecule has 0 saturated heterocycles. The van der Waals surface area contributed by atoms with Crippen molar-refractivity contribution < 1.29 is 9.53 Å². The number of benzene rings is 2. The average Bonchev–Trinajstić information content (AvgIpc) is 2.53. The number of aryl methyl sites for hydroxylation is 1. The molecule has 24 heavy (non-hydrogen) atoms. The monoisotopic (exact) mass is 344 g/mol. The maximum absolute atomic E-state index is 11.9. The fraction of sp³-hybridized carbons (Fsp3) is 0.263. The van der Waals surface area contributed by atoms with E-state index in [0.29, 0.717) is 10.9 Å². The van der Waals surface area contributed by atoms with E-state index in [2.05, 4.69) is 24.4 Å². The van der Waals surface area contributed by atoms with Crippen molar-refractivity contribution in [2.45, 2.75) is 26.7 Å². The molecule has 126 valence electrons. The van der Waals surface area contributed by atoms with E-state index in [0.717, 1.165) is 22.4 Å². The van der Waals surface area contributed by atoms with E-state index >= 15 is 0 Å². The number of carbonyl (C=O) groups is 1. The molecule has 0 fully saturated rings. The van der Waals surface area contributed by atoms with Crippen LogP contribution in [-0.4, -0.2) is 18.7 Å². The summed E-state index contributed by atoms with van der Waals surface area (Å²) in [6, 6.07) is 13.2. The van der Waals surface area contributed by atoms with Crippen LogP contribution in [0.2, 0.25) is 5.02 Å². The van der Waals surface area contributed by atoms with Crippen LogP contribution in [0.5, 0.6) is 5.75 Å². The van der Waals surface area contributed by atoms with Crippen molar-refractivity contribution in [1.29, 1.82) is 0 Å². The standard InChI is InChI=1S/C19H21ClN2O2/c1-13(2)17-8-7-14(3)9-18(17)24-12-19(23)22-21-11-15-5-4-6-16(20)10-15/h4-11,13H,12H2,1-3H3,(H,22,23)/b21-11+. The van der Waals surface area contributed by atoms with Crippen LogP contribution in [-0.2, 0) is 4.79 Å². The Morgan fingerprint density at radius 2 is 2.08 bits per heavy atom. The smallest absolute Gasteiger partial charge is 0.277 e. The SMILES string of the molecule is Cc1ccc(C(C)C)c(OCC(=O)N/N=C/c2cccc(Cl)c2)c1. The Kier molecular flexibility index (Phi) is 6.38. The molecule has 1 amide bonds. The molecule has 2 aromatic rings. The maximum Gasteiger partial charge on any atom is 0.277 e. The number of nitrogens with zero attached hydrogens (tertiary/aromatic N) is 1. The third-order valence-electron chi connectivity index (χ3n) is 3.40. The Bertz CT molecular complexity index is 742. The van der Waals surface area contributed by atoms with Gasteiger partial charge in [0.2, 0.25) is 0 Å². The first kappa shape index (κ1) is 18.0. The molecule has 0 atom stereocenters. The number of hydrogen-bond acceptors (Lipinski definition) is 3. The van der Waals surface area contributed by atoms with Gasteiger partial charge in [0.15, 0.2) is 6.61 Å². The van der Waals surface area contributed by atoms with E-state index in [4.69, 9.17) is 16.3 Å². The quantitative estimate of drug-likeness (QED) is 0.627. The van der Waals surface area contributed by atoms with Gasteiger partial charge in [-0.15, -0.1) is 0 Å². The van der Waals surface area contributed by atoms with Gasteiger partial charge in [-0.25, -0.2) is 5.43 Å². The molecule has 0 bridgehead atoms. The lowest BCUT2D eigenvalue weighted by molar-refractivity contribution is -0.123. The van der Waals surface area contributed by atoms with Crippen molar-refractivity contribution in [3.05, 3.63) is 64.2 Å². The molecule has 2 rings (SSSR count). The molecule has 0 unspecified atom stereocenters. The lowest BCUT2D eigenvalue weighted by Gasteiger charge is -2.14. The van der Waals surface area contributed by atoms with Crippen LogP contribution in [0, 0.1) is 6.92 Å². The summed E-state index contributed by atoms with van der Waals surface area (Å²) in [4.78, 5) is 11.9. The summed E-state index contributed by atoms with van der Waals surface area (Å²) in [6.07, 6.45) is 1.54. The molecule has 5 heteroatoms. The number of ether oxygens (including phenoxy) is 1. The first-order valence-electron chi connectivity index (χ1n) is 7.76. The normalized spacial score (nSPS) is 11.0. The van der Waals surface area contributed by atoms with Gasteiger partial charge >= 0.3 is 0 Å². The van der Waals surface area contributed by atoms with Gasteiger partial charge in [-0.3, -0.25) is 4.79 Å². The Hall–Kier alpha value is -2.33. The predicted octanol–water partition coefficient (Wildman–Crippen LogP) is 4.30. The van der Waals surface area contributed by atoms with E-state index in [1.807, 2.05) is 37.3 Å². The highest BCUT2D eigenvalue weighted by atomic mass is 35.5. The summed E-state index contributed by atoms with van der Waals surface area (Å²) >= 11 is 5.89. The molecule has 0 aromatic heterocycles. The third-order valence-corrected chi connectivity index (χ3v) is 3.64. The van der Waals surface area contributed by atoms with Crippen LogP contribution in [0.25, 0.3) is 0 Å². The van der Waals surface area contributed by atoms with E-state index in [1.165, 1.54) is 6.21 Å². The van der Waals surface area contributed by atoms with Crippen molar-refractivity contribution in [1.82, 2.24) is 5.43 Å². The first-order chi connectivity index (χ1) is 11.5. The van der Waals surface area contributed by atoms with E-state index in [-0.39, 0.29) is 12.5 Å². The molecule has 1 N–H and O–H groups in total. The number of carbonyl (C=O) groups excluding carboxylic acids is 1. The van der Waals surface area contributed by atoms with Crippen molar-refractivity contribution in [3.63, 3.8) is 0 Å². The van der Waals surface area contributed by atoms with Gasteiger partial charge in [0.25, 0.3) is 5.91 Å². The predicted molar refractivity (Wildman–Crippen MR) is 98.0 cm³/mol. The Morgan fingerprint density at radius 1 is 1.29 bits per heavy atom. The summed E-state index contributed by atoms with van der Waals surface area (Å²) in [5, 5.41) is 4.53. The molecule has 0 aliphatic carbocycles. The van der Waals surface area contributed by atoms with Gasteiger partial charge in [-0.05, 0) is 47.7 Å². The minimum atomic E-state index is -0.315. The highest BCUT2D eigenvalue weighted by Gasteiger charge is 2.09. The molecular formula is C19H21ClN2O2. The van der Waals surface area contributed by atoms with Gasteiger partial charge in [0.1, 0.15) is 5.75 Å². The number of rotatable bonds is 6. The molecular weight excluding hydrogens is 324 g/mol. The topological polar surface area (TPSA) is 50.7 Å². The van der Waals surface area contributed by atoms with E-state index < -0.39 is 0 Å². The second-order valence-corrected chi connectivity index (χ2v) is 6.27. The number of halogens is 1. The fourth-order valence-electron chi connectivity index (χ4n) is 2.18. The summed E-state index contributed by atoms with van der Waals surface area (Å²) < 4.78 is 5.66. The molecule has 0 aliphatic rings. The lowest BCUT2D eigenvalue weighted by atomic mass is 10.0. The minimum absolute atomic E-state index is 0.0872. The zero-order chi connectivity index (χ0) is 17.5.